The Bertz CT molecular complexity index is 691. The molecule has 1 aromatic rings. The van der Waals surface area contributed by atoms with Gasteiger partial charge in [-0.3, -0.25) is 14.5 Å². The van der Waals surface area contributed by atoms with Crippen molar-refractivity contribution in [3.63, 3.8) is 0 Å². The maximum absolute atomic E-state index is 13.1. The van der Waals surface area contributed by atoms with E-state index in [1.807, 2.05) is 37.3 Å². The van der Waals surface area contributed by atoms with Gasteiger partial charge in [-0.05, 0) is 38.7 Å². The first-order valence-electron chi connectivity index (χ1n) is 10.0. The lowest BCUT2D eigenvalue weighted by molar-refractivity contribution is -0.163. The number of morpholine rings is 1. The molecule has 1 saturated carbocycles. The number of nitrogens with zero attached hydrogens (tertiary/aromatic N) is 2. The van der Waals surface area contributed by atoms with Crippen LogP contribution in [0.5, 0.6) is 0 Å². The number of benzene rings is 1. The van der Waals surface area contributed by atoms with Crippen LogP contribution in [0.2, 0.25) is 0 Å². The van der Waals surface area contributed by atoms with Gasteiger partial charge in [0, 0.05) is 31.2 Å². The molecule has 0 aromatic heterocycles. The largest absolute Gasteiger partial charge is 0.366 e. The molecule has 6 heteroatoms. The number of rotatable bonds is 5. The van der Waals surface area contributed by atoms with Crippen LogP contribution in [0.4, 0.5) is 0 Å². The Kier molecular flexibility index (Phi) is 5.19. The summed E-state index contributed by atoms with van der Waals surface area (Å²) in [7, 11) is 0. The van der Waals surface area contributed by atoms with Crippen molar-refractivity contribution >= 4 is 11.8 Å². The number of hydrogen-bond donors (Lipinski definition) is 1. The second-order valence-corrected chi connectivity index (χ2v) is 8.19. The Hall–Kier alpha value is -1.92. The first-order chi connectivity index (χ1) is 13.0. The van der Waals surface area contributed by atoms with Crippen molar-refractivity contribution in [2.75, 3.05) is 13.2 Å². The highest BCUT2D eigenvalue weighted by Crippen LogP contribution is 2.33. The fraction of sp³-hybridized carbons (Fsp3) is 0.619. The van der Waals surface area contributed by atoms with Crippen LogP contribution in [0, 0.1) is 0 Å². The number of amides is 2. The molecule has 3 fully saturated rings. The summed E-state index contributed by atoms with van der Waals surface area (Å²) in [6.07, 6.45) is 3.21. The van der Waals surface area contributed by atoms with Crippen LogP contribution >= 0.6 is 0 Å². The highest BCUT2D eigenvalue weighted by Gasteiger charge is 2.43. The first kappa shape index (κ1) is 18.4. The molecule has 4 atom stereocenters. The van der Waals surface area contributed by atoms with Crippen LogP contribution in [-0.2, 0) is 20.9 Å². The van der Waals surface area contributed by atoms with E-state index in [9.17, 15) is 9.59 Å². The molecule has 1 aromatic carbocycles. The molecule has 146 valence electrons. The molecule has 4 rings (SSSR count). The van der Waals surface area contributed by atoms with Crippen LogP contribution in [0.1, 0.15) is 38.7 Å². The number of ether oxygens (including phenoxy) is 1. The van der Waals surface area contributed by atoms with Crippen LogP contribution in [-0.4, -0.2) is 65.0 Å². The third-order valence-electron chi connectivity index (χ3n) is 6.02. The molecular formula is C21H29N3O3. The van der Waals surface area contributed by atoms with Crippen molar-refractivity contribution in [2.24, 2.45) is 0 Å². The van der Waals surface area contributed by atoms with E-state index in [1.165, 1.54) is 12.8 Å². The molecule has 1 aliphatic carbocycles. The fourth-order valence-electron chi connectivity index (χ4n) is 4.47. The molecule has 3 aliphatic rings. The Labute approximate surface area is 160 Å². The highest BCUT2D eigenvalue weighted by molar-refractivity contribution is 5.89. The second-order valence-electron chi connectivity index (χ2n) is 8.19. The number of carbonyl (C=O) groups is 2. The van der Waals surface area contributed by atoms with Crippen LogP contribution in [0.15, 0.2) is 30.3 Å². The van der Waals surface area contributed by atoms with Gasteiger partial charge in [-0.25, -0.2) is 0 Å². The summed E-state index contributed by atoms with van der Waals surface area (Å²) in [4.78, 5) is 29.8. The number of nitrogens with one attached hydrogen (secondary N) is 1. The van der Waals surface area contributed by atoms with Gasteiger partial charge in [0.05, 0.1) is 6.10 Å². The van der Waals surface area contributed by atoms with Gasteiger partial charge in [0.2, 0.25) is 11.8 Å². The van der Waals surface area contributed by atoms with Gasteiger partial charge < -0.3 is 15.0 Å². The smallest absolute Gasteiger partial charge is 0.249 e. The van der Waals surface area contributed by atoms with Gasteiger partial charge in [0.1, 0.15) is 12.6 Å². The van der Waals surface area contributed by atoms with Crippen LogP contribution in [0.25, 0.3) is 0 Å². The molecule has 2 aliphatic heterocycles. The average Bonchev–Trinajstić information content (AvgIpc) is 3.42. The van der Waals surface area contributed by atoms with E-state index in [4.69, 9.17) is 4.74 Å². The Morgan fingerprint density at radius 3 is 2.67 bits per heavy atom. The SMILES string of the molecule is CC1CC(NC(=O)[C@@H]2[C@@H](C)OCC(=O)N2Cc2ccccc2)CN1C1CC1. The van der Waals surface area contributed by atoms with Crippen molar-refractivity contribution in [3.05, 3.63) is 35.9 Å². The van der Waals surface area contributed by atoms with Crippen molar-refractivity contribution in [2.45, 2.75) is 69.9 Å². The molecule has 2 saturated heterocycles. The third kappa shape index (κ3) is 4.01. The molecule has 0 bridgehead atoms. The standard InChI is InChI=1S/C21H29N3O3/c1-14-10-17(12-23(14)18-8-9-18)22-21(26)20-15(2)27-13-19(25)24(20)11-16-6-4-3-5-7-16/h3-7,14-15,17-18,20H,8-13H2,1-2H3,(H,22,26)/t14?,15-,17?,20+/m1/s1. The molecule has 2 unspecified atom stereocenters. The van der Waals surface area contributed by atoms with E-state index in [-0.39, 0.29) is 30.6 Å². The number of hydrogen-bond acceptors (Lipinski definition) is 4. The molecule has 27 heavy (non-hydrogen) atoms. The second kappa shape index (κ2) is 7.60. The van der Waals surface area contributed by atoms with Crippen molar-refractivity contribution in [1.29, 1.82) is 0 Å². The average molecular weight is 371 g/mol. The summed E-state index contributed by atoms with van der Waals surface area (Å²) >= 11 is 0. The Morgan fingerprint density at radius 1 is 1.22 bits per heavy atom. The van der Waals surface area contributed by atoms with Gasteiger partial charge in [-0.1, -0.05) is 30.3 Å². The third-order valence-corrected chi connectivity index (χ3v) is 6.02. The highest BCUT2D eigenvalue weighted by atomic mass is 16.5. The summed E-state index contributed by atoms with van der Waals surface area (Å²) < 4.78 is 5.58. The quantitative estimate of drug-likeness (QED) is 0.853. The molecule has 6 nitrogen and oxygen atoms in total. The van der Waals surface area contributed by atoms with Gasteiger partial charge in [0.15, 0.2) is 0 Å². The minimum Gasteiger partial charge on any atom is -0.366 e. The van der Waals surface area contributed by atoms with E-state index >= 15 is 0 Å². The zero-order chi connectivity index (χ0) is 19.0. The normalized spacial score (nSPS) is 31.9. The Morgan fingerprint density at radius 2 is 1.96 bits per heavy atom. The lowest BCUT2D eigenvalue weighted by Crippen LogP contribution is -2.60. The van der Waals surface area contributed by atoms with E-state index in [0.29, 0.717) is 18.6 Å². The summed E-state index contributed by atoms with van der Waals surface area (Å²) in [6.45, 7) is 5.49. The fourth-order valence-corrected chi connectivity index (χ4v) is 4.47. The van der Waals surface area contributed by atoms with E-state index in [2.05, 4.69) is 17.1 Å². The minimum atomic E-state index is -0.586. The van der Waals surface area contributed by atoms with Crippen molar-refractivity contribution in [3.8, 4) is 0 Å². The van der Waals surface area contributed by atoms with Gasteiger partial charge in [0.25, 0.3) is 0 Å². The molecule has 2 heterocycles. The first-order valence-corrected chi connectivity index (χ1v) is 10.0. The number of carbonyl (C=O) groups excluding carboxylic acids is 2. The van der Waals surface area contributed by atoms with E-state index in [0.717, 1.165) is 18.5 Å². The zero-order valence-corrected chi connectivity index (χ0v) is 16.1. The predicted molar refractivity (Wildman–Crippen MR) is 102 cm³/mol. The Balaban J connectivity index is 1.45. The van der Waals surface area contributed by atoms with Crippen molar-refractivity contribution < 1.29 is 14.3 Å². The molecule has 0 spiro atoms. The lowest BCUT2D eigenvalue weighted by atomic mass is 10.0. The monoisotopic (exact) mass is 371 g/mol. The molecule has 0 radical (unpaired) electrons. The van der Waals surface area contributed by atoms with Gasteiger partial charge in [-0.2, -0.15) is 0 Å². The van der Waals surface area contributed by atoms with Gasteiger partial charge in [-0.15, -0.1) is 0 Å². The van der Waals surface area contributed by atoms with E-state index in [1.54, 1.807) is 4.90 Å². The zero-order valence-electron chi connectivity index (χ0n) is 16.1. The van der Waals surface area contributed by atoms with Crippen molar-refractivity contribution in [1.82, 2.24) is 15.1 Å². The van der Waals surface area contributed by atoms with Crippen LogP contribution < -0.4 is 5.32 Å². The summed E-state index contributed by atoms with van der Waals surface area (Å²) in [5, 5.41) is 3.20. The minimum absolute atomic E-state index is 0.0354. The maximum Gasteiger partial charge on any atom is 0.249 e. The summed E-state index contributed by atoms with van der Waals surface area (Å²) in [5.41, 5.74) is 1.02. The molecule has 1 N–H and O–H groups in total. The predicted octanol–water partition coefficient (Wildman–Crippen LogP) is 1.54. The lowest BCUT2D eigenvalue weighted by Gasteiger charge is -2.39. The van der Waals surface area contributed by atoms with E-state index < -0.39 is 6.04 Å². The van der Waals surface area contributed by atoms with Crippen LogP contribution in [0.3, 0.4) is 0 Å². The number of likely N-dealkylation sites (tertiary alicyclic amines) is 1. The summed E-state index contributed by atoms with van der Waals surface area (Å²) in [6, 6.07) is 10.6. The maximum atomic E-state index is 13.1. The molecular weight excluding hydrogens is 342 g/mol. The molecule has 2 amide bonds. The van der Waals surface area contributed by atoms with Gasteiger partial charge >= 0.3 is 0 Å². The topological polar surface area (TPSA) is 61.9 Å². The summed E-state index contributed by atoms with van der Waals surface area (Å²) in [5.74, 6) is -0.224.